The van der Waals surface area contributed by atoms with Crippen LogP contribution < -0.4 is 15.8 Å². The van der Waals surface area contributed by atoms with Gasteiger partial charge in [0.2, 0.25) is 0 Å². The van der Waals surface area contributed by atoms with E-state index in [0.717, 1.165) is 5.69 Å². The predicted octanol–water partition coefficient (Wildman–Crippen LogP) is 1.99. The monoisotopic (exact) mass is 257 g/mol. The summed E-state index contributed by atoms with van der Waals surface area (Å²) < 4.78 is 5.35. The fraction of sp³-hybridized carbons (Fsp3) is 0.143. The Kier molecular flexibility index (Phi) is 3.97. The molecular formula is C14H15N3O2. The van der Waals surface area contributed by atoms with Crippen LogP contribution in [0.5, 0.6) is 5.75 Å². The Labute approximate surface area is 111 Å². The number of hydrogen-bond acceptors (Lipinski definition) is 4. The number of hydrogen-bond donors (Lipinski definition) is 2. The Morgan fingerprint density at radius 2 is 2.21 bits per heavy atom. The summed E-state index contributed by atoms with van der Waals surface area (Å²) in [5.41, 5.74) is 7.67. The molecule has 0 aliphatic carbocycles. The molecule has 0 saturated heterocycles. The van der Waals surface area contributed by atoms with E-state index in [2.05, 4.69) is 10.3 Å². The number of rotatable bonds is 4. The molecule has 1 aromatic heterocycles. The Morgan fingerprint density at radius 1 is 1.37 bits per heavy atom. The summed E-state index contributed by atoms with van der Waals surface area (Å²) in [7, 11) is 0. The number of nitrogens with one attached hydrogen (secondary N) is 1. The first-order valence-corrected chi connectivity index (χ1v) is 5.85. The van der Waals surface area contributed by atoms with Gasteiger partial charge in [-0.1, -0.05) is 6.07 Å². The molecule has 1 aromatic carbocycles. The van der Waals surface area contributed by atoms with E-state index >= 15 is 0 Å². The van der Waals surface area contributed by atoms with Crippen LogP contribution >= 0.6 is 0 Å². The van der Waals surface area contributed by atoms with Crippen molar-refractivity contribution in [3.63, 3.8) is 0 Å². The summed E-state index contributed by atoms with van der Waals surface area (Å²) in [6.07, 6.45) is 1.67. The Balaban J connectivity index is 1.90. The van der Waals surface area contributed by atoms with Crippen molar-refractivity contribution < 1.29 is 9.53 Å². The standard InChI is InChI=1S/C14H15N3O2/c1-10-13(6-3-7-16-10)17-14(18)9-19-12-5-2-4-11(15)8-12/h2-8H,9,15H2,1H3,(H,17,18). The van der Waals surface area contributed by atoms with Gasteiger partial charge in [-0.2, -0.15) is 0 Å². The third kappa shape index (κ3) is 3.70. The number of nitrogens with two attached hydrogens (primary N) is 1. The summed E-state index contributed by atoms with van der Waals surface area (Å²) >= 11 is 0. The molecule has 1 heterocycles. The number of benzene rings is 1. The number of nitrogen functional groups attached to an aromatic ring is 1. The molecule has 0 aliphatic rings. The Hall–Kier alpha value is -2.56. The zero-order valence-electron chi connectivity index (χ0n) is 10.6. The number of nitrogens with zero attached hydrogens (tertiary/aromatic N) is 1. The maximum absolute atomic E-state index is 11.7. The molecule has 0 aliphatic heterocycles. The number of carbonyl (C=O) groups excluding carboxylic acids is 1. The van der Waals surface area contributed by atoms with E-state index in [9.17, 15) is 4.79 Å². The van der Waals surface area contributed by atoms with Crippen LogP contribution in [0.15, 0.2) is 42.6 Å². The lowest BCUT2D eigenvalue weighted by molar-refractivity contribution is -0.118. The molecule has 5 heteroatoms. The highest BCUT2D eigenvalue weighted by molar-refractivity contribution is 5.92. The lowest BCUT2D eigenvalue weighted by Crippen LogP contribution is -2.20. The van der Waals surface area contributed by atoms with Gasteiger partial charge in [-0.05, 0) is 31.2 Å². The van der Waals surface area contributed by atoms with Gasteiger partial charge < -0.3 is 15.8 Å². The van der Waals surface area contributed by atoms with Crippen molar-refractivity contribution in [1.29, 1.82) is 0 Å². The molecule has 0 atom stereocenters. The Morgan fingerprint density at radius 3 is 2.95 bits per heavy atom. The number of pyridine rings is 1. The molecule has 19 heavy (non-hydrogen) atoms. The van der Waals surface area contributed by atoms with Gasteiger partial charge in [0.05, 0.1) is 11.4 Å². The van der Waals surface area contributed by atoms with Gasteiger partial charge in [0.1, 0.15) is 5.75 Å². The van der Waals surface area contributed by atoms with E-state index in [0.29, 0.717) is 17.1 Å². The van der Waals surface area contributed by atoms with Gasteiger partial charge in [-0.25, -0.2) is 0 Å². The SMILES string of the molecule is Cc1ncccc1NC(=O)COc1cccc(N)c1. The van der Waals surface area contributed by atoms with Crippen LogP contribution in [0.2, 0.25) is 0 Å². The van der Waals surface area contributed by atoms with Crippen LogP contribution in [0.25, 0.3) is 0 Å². The van der Waals surface area contributed by atoms with E-state index in [1.807, 2.05) is 6.92 Å². The molecule has 0 fully saturated rings. The average Bonchev–Trinajstić information content (AvgIpc) is 2.39. The molecule has 0 spiro atoms. The van der Waals surface area contributed by atoms with Crippen molar-refractivity contribution in [2.45, 2.75) is 6.92 Å². The Bertz CT molecular complexity index is 584. The minimum Gasteiger partial charge on any atom is -0.484 e. The fourth-order valence-electron chi connectivity index (χ4n) is 1.56. The number of ether oxygens (including phenoxy) is 1. The molecule has 0 unspecified atom stereocenters. The quantitative estimate of drug-likeness (QED) is 0.821. The van der Waals surface area contributed by atoms with Crippen molar-refractivity contribution in [1.82, 2.24) is 4.98 Å². The van der Waals surface area contributed by atoms with Crippen molar-refractivity contribution in [2.75, 3.05) is 17.7 Å². The van der Waals surface area contributed by atoms with Gasteiger partial charge in [-0.15, -0.1) is 0 Å². The number of aryl methyl sites for hydroxylation is 1. The van der Waals surface area contributed by atoms with Crippen LogP contribution in [0.4, 0.5) is 11.4 Å². The first kappa shape index (κ1) is 12.9. The van der Waals surface area contributed by atoms with E-state index in [4.69, 9.17) is 10.5 Å². The predicted molar refractivity (Wildman–Crippen MR) is 74.0 cm³/mol. The third-order valence-corrected chi connectivity index (χ3v) is 2.51. The first-order chi connectivity index (χ1) is 9.15. The van der Waals surface area contributed by atoms with Crippen LogP contribution in [0.1, 0.15) is 5.69 Å². The van der Waals surface area contributed by atoms with Crippen LogP contribution in [-0.4, -0.2) is 17.5 Å². The van der Waals surface area contributed by atoms with Crippen LogP contribution in [0, 0.1) is 6.92 Å². The molecule has 1 amide bonds. The largest absolute Gasteiger partial charge is 0.484 e. The van der Waals surface area contributed by atoms with Gasteiger partial charge in [-0.3, -0.25) is 9.78 Å². The van der Waals surface area contributed by atoms with Gasteiger partial charge in [0.25, 0.3) is 5.91 Å². The highest BCUT2D eigenvalue weighted by atomic mass is 16.5. The molecule has 98 valence electrons. The average molecular weight is 257 g/mol. The van der Waals surface area contributed by atoms with E-state index in [1.54, 1.807) is 42.6 Å². The number of carbonyl (C=O) groups is 1. The second-order valence-electron chi connectivity index (χ2n) is 4.05. The second kappa shape index (κ2) is 5.86. The summed E-state index contributed by atoms with van der Waals surface area (Å²) in [5, 5.41) is 2.74. The van der Waals surface area contributed by atoms with Crippen LogP contribution in [-0.2, 0) is 4.79 Å². The molecule has 0 saturated carbocycles. The highest BCUT2D eigenvalue weighted by Gasteiger charge is 2.06. The van der Waals surface area contributed by atoms with Crippen molar-refractivity contribution in [3.05, 3.63) is 48.3 Å². The maximum atomic E-state index is 11.7. The lowest BCUT2D eigenvalue weighted by Gasteiger charge is -2.09. The second-order valence-corrected chi connectivity index (χ2v) is 4.05. The van der Waals surface area contributed by atoms with Gasteiger partial charge >= 0.3 is 0 Å². The molecular weight excluding hydrogens is 242 g/mol. The van der Waals surface area contributed by atoms with Gasteiger partial charge in [0, 0.05) is 18.0 Å². The van der Waals surface area contributed by atoms with E-state index < -0.39 is 0 Å². The van der Waals surface area contributed by atoms with Crippen molar-refractivity contribution in [2.24, 2.45) is 0 Å². The molecule has 0 bridgehead atoms. The third-order valence-electron chi connectivity index (χ3n) is 2.51. The lowest BCUT2D eigenvalue weighted by atomic mass is 10.3. The maximum Gasteiger partial charge on any atom is 0.262 e. The fourth-order valence-corrected chi connectivity index (χ4v) is 1.56. The highest BCUT2D eigenvalue weighted by Crippen LogP contribution is 2.15. The van der Waals surface area contributed by atoms with Crippen molar-refractivity contribution >= 4 is 17.3 Å². The van der Waals surface area contributed by atoms with E-state index in [1.165, 1.54) is 0 Å². The van der Waals surface area contributed by atoms with Gasteiger partial charge in [0.15, 0.2) is 6.61 Å². The topological polar surface area (TPSA) is 77.2 Å². The summed E-state index contributed by atoms with van der Waals surface area (Å²) in [6.45, 7) is 1.76. The molecule has 2 aromatic rings. The number of aromatic nitrogens is 1. The number of amides is 1. The minimum atomic E-state index is -0.237. The molecule has 5 nitrogen and oxygen atoms in total. The molecule has 2 rings (SSSR count). The molecule has 0 radical (unpaired) electrons. The normalized spacial score (nSPS) is 9.95. The number of anilines is 2. The summed E-state index contributed by atoms with van der Waals surface area (Å²) in [6, 6.07) is 10.5. The molecule has 3 N–H and O–H groups in total. The first-order valence-electron chi connectivity index (χ1n) is 5.85. The minimum absolute atomic E-state index is 0.0716. The summed E-state index contributed by atoms with van der Waals surface area (Å²) in [4.78, 5) is 15.8. The summed E-state index contributed by atoms with van der Waals surface area (Å²) in [5.74, 6) is 0.330. The zero-order valence-corrected chi connectivity index (χ0v) is 10.6. The van der Waals surface area contributed by atoms with Crippen molar-refractivity contribution in [3.8, 4) is 5.75 Å². The van der Waals surface area contributed by atoms with Crippen LogP contribution in [0.3, 0.4) is 0 Å². The zero-order chi connectivity index (χ0) is 13.7. The smallest absolute Gasteiger partial charge is 0.262 e. The van der Waals surface area contributed by atoms with E-state index in [-0.39, 0.29) is 12.5 Å².